The summed E-state index contributed by atoms with van der Waals surface area (Å²) in [6.45, 7) is 5.84. The minimum absolute atomic E-state index is 0.0123. The van der Waals surface area contributed by atoms with Gasteiger partial charge in [0.1, 0.15) is 0 Å². The predicted molar refractivity (Wildman–Crippen MR) is 127 cm³/mol. The van der Waals surface area contributed by atoms with E-state index in [1.54, 1.807) is 16.4 Å². The molecule has 1 aromatic heterocycles. The standard InChI is InChI=1S/C25H31N3O3S/c1-19-10-16-28(17-11-19)32(30,31)23-8-9-24-22(18-23)12-14-27(24)15-13-25(29)26-20(2)21-6-4-3-5-7-21/h3-9,12,14,18-20H,10-11,13,15-17H2,1-2H3,(H,26,29)/t20-/m1/s1. The summed E-state index contributed by atoms with van der Waals surface area (Å²) in [5.41, 5.74) is 2.00. The summed E-state index contributed by atoms with van der Waals surface area (Å²) >= 11 is 0. The van der Waals surface area contributed by atoms with E-state index >= 15 is 0 Å². The molecule has 3 aromatic rings. The maximum atomic E-state index is 13.0. The smallest absolute Gasteiger partial charge is 0.243 e. The van der Waals surface area contributed by atoms with E-state index in [0.29, 0.717) is 36.9 Å². The summed E-state index contributed by atoms with van der Waals surface area (Å²) in [5, 5.41) is 3.91. The molecule has 0 bridgehead atoms. The number of fused-ring (bicyclic) bond motifs is 1. The van der Waals surface area contributed by atoms with Crippen LogP contribution in [0.3, 0.4) is 0 Å². The van der Waals surface area contributed by atoms with Crippen LogP contribution in [-0.2, 0) is 21.4 Å². The van der Waals surface area contributed by atoms with Gasteiger partial charge in [-0.2, -0.15) is 4.31 Å². The number of hydrogen-bond acceptors (Lipinski definition) is 3. The van der Waals surface area contributed by atoms with Crippen LogP contribution in [0.5, 0.6) is 0 Å². The minimum atomic E-state index is -3.47. The van der Waals surface area contributed by atoms with E-state index in [1.807, 2.05) is 60.2 Å². The Hall–Kier alpha value is -2.64. The normalized spacial score (nSPS) is 16.8. The number of aromatic nitrogens is 1. The van der Waals surface area contributed by atoms with Crippen molar-refractivity contribution in [3.05, 3.63) is 66.4 Å². The van der Waals surface area contributed by atoms with Crippen LogP contribution in [0.25, 0.3) is 10.9 Å². The van der Waals surface area contributed by atoms with E-state index in [4.69, 9.17) is 0 Å². The molecule has 1 amide bonds. The third-order valence-corrected chi connectivity index (χ3v) is 8.27. The minimum Gasteiger partial charge on any atom is -0.350 e. The summed E-state index contributed by atoms with van der Waals surface area (Å²) in [4.78, 5) is 12.8. The van der Waals surface area contributed by atoms with Crippen LogP contribution in [0.4, 0.5) is 0 Å². The molecule has 0 spiro atoms. The first-order valence-corrected chi connectivity index (χ1v) is 12.7. The number of nitrogens with one attached hydrogen (secondary N) is 1. The van der Waals surface area contributed by atoms with E-state index < -0.39 is 10.0 Å². The zero-order valence-electron chi connectivity index (χ0n) is 18.7. The molecule has 6 nitrogen and oxygen atoms in total. The molecular weight excluding hydrogens is 422 g/mol. The second-order valence-corrected chi connectivity index (χ2v) is 10.7. The second-order valence-electron chi connectivity index (χ2n) is 8.77. The van der Waals surface area contributed by atoms with Crippen LogP contribution in [-0.4, -0.2) is 36.3 Å². The van der Waals surface area contributed by atoms with Crippen LogP contribution in [0.1, 0.15) is 44.7 Å². The van der Waals surface area contributed by atoms with Crippen molar-refractivity contribution in [3.8, 4) is 0 Å². The highest BCUT2D eigenvalue weighted by Gasteiger charge is 2.28. The molecule has 32 heavy (non-hydrogen) atoms. The number of carbonyl (C=O) groups excluding carboxylic acids is 1. The second kappa shape index (κ2) is 9.46. The third kappa shape index (κ3) is 4.89. The van der Waals surface area contributed by atoms with E-state index in [2.05, 4.69) is 12.2 Å². The SMILES string of the molecule is CC1CCN(S(=O)(=O)c2ccc3c(ccn3CCC(=O)N[C@H](C)c3ccccc3)c2)CC1. The van der Waals surface area contributed by atoms with E-state index in [9.17, 15) is 13.2 Å². The first-order chi connectivity index (χ1) is 15.3. The van der Waals surface area contributed by atoms with Crippen LogP contribution < -0.4 is 5.32 Å². The van der Waals surface area contributed by atoms with Gasteiger partial charge in [-0.05, 0) is 55.5 Å². The van der Waals surface area contributed by atoms with Gasteiger partial charge in [-0.15, -0.1) is 0 Å². The maximum Gasteiger partial charge on any atom is 0.243 e. The van der Waals surface area contributed by atoms with Crippen molar-refractivity contribution in [2.75, 3.05) is 13.1 Å². The van der Waals surface area contributed by atoms with Crippen LogP contribution >= 0.6 is 0 Å². The third-order valence-electron chi connectivity index (χ3n) is 6.38. The Morgan fingerprint density at radius 1 is 1.09 bits per heavy atom. The van der Waals surface area contributed by atoms with Crippen LogP contribution in [0.2, 0.25) is 0 Å². The summed E-state index contributed by atoms with van der Waals surface area (Å²) in [6.07, 6.45) is 4.08. The molecule has 1 aliphatic heterocycles. The highest BCUT2D eigenvalue weighted by molar-refractivity contribution is 7.89. The van der Waals surface area contributed by atoms with Crippen molar-refractivity contribution in [2.24, 2.45) is 5.92 Å². The van der Waals surface area contributed by atoms with Crippen molar-refractivity contribution in [1.29, 1.82) is 0 Å². The lowest BCUT2D eigenvalue weighted by Crippen LogP contribution is -2.37. The molecule has 0 radical (unpaired) electrons. The molecule has 0 unspecified atom stereocenters. The topological polar surface area (TPSA) is 71.4 Å². The lowest BCUT2D eigenvalue weighted by atomic mass is 10.0. The van der Waals surface area contributed by atoms with Gasteiger partial charge in [0.05, 0.1) is 10.9 Å². The van der Waals surface area contributed by atoms with Gasteiger partial charge in [-0.3, -0.25) is 4.79 Å². The summed E-state index contributed by atoms with van der Waals surface area (Å²) in [6, 6.07) is 17.0. The highest BCUT2D eigenvalue weighted by atomic mass is 32.2. The quantitative estimate of drug-likeness (QED) is 0.579. The molecule has 2 heterocycles. The first kappa shape index (κ1) is 22.6. The van der Waals surface area contributed by atoms with Crippen molar-refractivity contribution in [3.63, 3.8) is 0 Å². The molecule has 7 heteroatoms. The van der Waals surface area contributed by atoms with Gasteiger partial charge in [0.15, 0.2) is 0 Å². The van der Waals surface area contributed by atoms with Gasteiger partial charge >= 0.3 is 0 Å². The average molecular weight is 454 g/mol. The van der Waals surface area contributed by atoms with Crippen molar-refractivity contribution < 1.29 is 13.2 Å². The fourth-order valence-corrected chi connectivity index (χ4v) is 5.77. The van der Waals surface area contributed by atoms with Gasteiger partial charge in [0.2, 0.25) is 15.9 Å². The summed E-state index contributed by atoms with van der Waals surface area (Å²) < 4.78 is 29.7. The number of amides is 1. The Morgan fingerprint density at radius 2 is 1.81 bits per heavy atom. The fraction of sp³-hybridized carbons (Fsp3) is 0.400. The van der Waals surface area contributed by atoms with Crippen molar-refractivity contribution in [2.45, 2.75) is 50.6 Å². The van der Waals surface area contributed by atoms with Crippen LogP contribution in [0.15, 0.2) is 65.7 Å². The Labute approximate surface area is 190 Å². The highest BCUT2D eigenvalue weighted by Crippen LogP contribution is 2.26. The van der Waals surface area contributed by atoms with Gasteiger partial charge in [-0.25, -0.2) is 8.42 Å². The molecule has 0 aliphatic carbocycles. The molecule has 4 rings (SSSR count). The number of rotatable bonds is 7. The van der Waals surface area contributed by atoms with Crippen molar-refractivity contribution in [1.82, 2.24) is 14.2 Å². The monoisotopic (exact) mass is 453 g/mol. The van der Waals surface area contributed by atoms with Crippen LogP contribution in [0, 0.1) is 5.92 Å². The number of benzene rings is 2. The van der Waals surface area contributed by atoms with E-state index in [0.717, 1.165) is 29.3 Å². The maximum absolute atomic E-state index is 13.0. The summed E-state index contributed by atoms with van der Waals surface area (Å²) in [7, 11) is -3.47. The van der Waals surface area contributed by atoms with Gasteiger partial charge in [-0.1, -0.05) is 37.3 Å². The molecular formula is C25H31N3O3S. The van der Waals surface area contributed by atoms with E-state index in [-0.39, 0.29) is 11.9 Å². The molecule has 1 fully saturated rings. The fourth-order valence-electron chi connectivity index (χ4n) is 4.27. The lowest BCUT2D eigenvalue weighted by molar-refractivity contribution is -0.121. The molecule has 170 valence electrons. The molecule has 1 N–H and O–H groups in total. The predicted octanol–water partition coefficient (Wildman–Crippen LogP) is 4.33. The molecule has 1 saturated heterocycles. The van der Waals surface area contributed by atoms with E-state index in [1.165, 1.54) is 0 Å². The number of nitrogens with zero attached hydrogens (tertiary/aromatic N) is 2. The Morgan fingerprint density at radius 3 is 2.53 bits per heavy atom. The number of piperidine rings is 1. The number of carbonyl (C=O) groups is 1. The van der Waals surface area contributed by atoms with Gasteiger partial charge in [0.25, 0.3) is 0 Å². The molecule has 1 atom stereocenters. The molecule has 1 aliphatic rings. The lowest BCUT2D eigenvalue weighted by Gasteiger charge is -2.29. The average Bonchev–Trinajstić information content (AvgIpc) is 3.21. The molecule has 2 aromatic carbocycles. The van der Waals surface area contributed by atoms with Gasteiger partial charge < -0.3 is 9.88 Å². The largest absolute Gasteiger partial charge is 0.350 e. The number of sulfonamides is 1. The van der Waals surface area contributed by atoms with Crippen molar-refractivity contribution >= 4 is 26.8 Å². The Balaban J connectivity index is 1.41. The number of aryl methyl sites for hydroxylation is 1. The molecule has 0 saturated carbocycles. The number of hydrogen-bond donors (Lipinski definition) is 1. The Kier molecular flexibility index (Phi) is 6.67. The zero-order valence-corrected chi connectivity index (χ0v) is 19.5. The Bertz CT molecular complexity index is 1180. The first-order valence-electron chi connectivity index (χ1n) is 11.3. The summed E-state index contributed by atoms with van der Waals surface area (Å²) in [5.74, 6) is 0.563. The zero-order chi connectivity index (χ0) is 22.7. The van der Waals surface area contributed by atoms with Gasteiger partial charge in [0, 0.05) is 43.2 Å².